The molecule has 0 unspecified atom stereocenters. The van der Waals surface area contributed by atoms with Crippen molar-refractivity contribution in [1.82, 2.24) is 0 Å². The first-order valence-corrected chi connectivity index (χ1v) is 9.94. The van der Waals surface area contributed by atoms with Crippen molar-refractivity contribution in [3.8, 4) is 11.5 Å². The monoisotopic (exact) mass is 568 g/mol. The highest BCUT2D eigenvalue weighted by Crippen LogP contribution is 2.22. The fourth-order valence-electron chi connectivity index (χ4n) is 2.16. The number of carbonyl (C=O) groups excluding carboxylic acids is 1. The molecule has 0 aliphatic rings. The Bertz CT molecular complexity index is 902. The summed E-state index contributed by atoms with van der Waals surface area (Å²) in [5, 5.41) is 0. The van der Waals surface area contributed by atoms with Gasteiger partial charge in [-0.05, 0) is 93.7 Å². The van der Waals surface area contributed by atoms with Gasteiger partial charge in [-0.2, -0.15) is 0 Å². The second-order valence-corrected chi connectivity index (χ2v) is 7.80. The summed E-state index contributed by atoms with van der Waals surface area (Å²) in [6.07, 6.45) is 1.37. The maximum absolute atomic E-state index is 12.3. The molecule has 3 aromatic rings. The fraction of sp³-hybridized carbons (Fsp3) is 0. The van der Waals surface area contributed by atoms with Gasteiger partial charge in [-0.15, -0.1) is 0 Å². The van der Waals surface area contributed by atoms with Crippen molar-refractivity contribution in [2.45, 2.75) is 0 Å². The van der Waals surface area contributed by atoms with Crippen LogP contribution in [-0.4, -0.2) is 5.97 Å². The third-order valence-electron chi connectivity index (χ3n) is 3.38. The van der Waals surface area contributed by atoms with Gasteiger partial charge in [0.15, 0.2) is 0 Å². The van der Waals surface area contributed by atoms with Crippen molar-refractivity contribution in [2.75, 3.05) is 0 Å². The molecule has 0 radical (unpaired) electrons. The lowest BCUT2D eigenvalue weighted by atomic mass is 10.2. The number of hydrogen-bond donors (Lipinski definition) is 0. The molecule has 3 rings (SSSR count). The van der Waals surface area contributed by atoms with Gasteiger partial charge in [0.2, 0.25) is 0 Å². The van der Waals surface area contributed by atoms with E-state index in [2.05, 4.69) is 45.2 Å². The fourth-order valence-corrected chi connectivity index (χ4v) is 2.88. The van der Waals surface area contributed by atoms with Crippen LogP contribution in [0.2, 0.25) is 0 Å². The van der Waals surface area contributed by atoms with Crippen molar-refractivity contribution in [2.24, 2.45) is 0 Å². The molecule has 3 nitrogen and oxygen atoms in total. The van der Waals surface area contributed by atoms with Crippen molar-refractivity contribution in [3.05, 3.63) is 97.6 Å². The molecule has 130 valence electrons. The maximum atomic E-state index is 12.3. The average molecular weight is 568 g/mol. The van der Waals surface area contributed by atoms with E-state index in [0.29, 0.717) is 17.3 Å². The highest BCUT2D eigenvalue weighted by atomic mass is 127. The zero-order chi connectivity index (χ0) is 18.4. The summed E-state index contributed by atoms with van der Waals surface area (Å²) < 4.78 is 13.5. The molecular formula is C21H14I2O3. The first-order chi connectivity index (χ1) is 12.6. The van der Waals surface area contributed by atoms with Gasteiger partial charge in [0.25, 0.3) is 0 Å². The summed E-state index contributed by atoms with van der Waals surface area (Å²) in [6.45, 7) is 0. The van der Waals surface area contributed by atoms with Gasteiger partial charge < -0.3 is 9.47 Å². The van der Waals surface area contributed by atoms with Crippen molar-refractivity contribution >= 4 is 56.9 Å². The van der Waals surface area contributed by atoms with Gasteiger partial charge in [0.1, 0.15) is 17.3 Å². The molecule has 0 bridgehead atoms. The van der Waals surface area contributed by atoms with Crippen LogP contribution in [-0.2, 0) is 4.79 Å². The van der Waals surface area contributed by atoms with E-state index < -0.39 is 5.97 Å². The summed E-state index contributed by atoms with van der Waals surface area (Å²) in [5.74, 6) is 1.09. The SMILES string of the molecule is O=C(/C=C(\Oc1ccc(I)cc1)c1ccccc1)Oc1ccc(I)cc1. The number of halogens is 2. The van der Waals surface area contributed by atoms with E-state index in [9.17, 15) is 4.79 Å². The molecule has 3 aromatic carbocycles. The zero-order valence-electron chi connectivity index (χ0n) is 13.6. The smallest absolute Gasteiger partial charge is 0.339 e. The molecule has 0 N–H and O–H groups in total. The Kier molecular flexibility index (Phi) is 6.67. The zero-order valence-corrected chi connectivity index (χ0v) is 17.9. The summed E-state index contributed by atoms with van der Waals surface area (Å²) in [6, 6.07) is 24.4. The Balaban J connectivity index is 1.84. The third kappa shape index (κ3) is 5.57. The number of ether oxygens (including phenoxy) is 2. The molecule has 0 aliphatic carbocycles. The molecule has 0 aromatic heterocycles. The number of benzene rings is 3. The molecule has 26 heavy (non-hydrogen) atoms. The molecular weight excluding hydrogens is 554 g/mol. The van der Waals surface area contributed by atoms with E-state index >= 15 is 0 Å². The van der Waals surface area contributed by atoms with Crippen LogP contribution in [0.3, 0.4) is 0 Å². The Hall–Kier alpha value is -1.87. The largest absolute Gasteiger partial charge is 0.456 e. The van der Waals surface area contributed by atoms with E-state index in [0.717, 1.165) is 12.7 Å². The van der Waals surface area contributed by atoms with Crippen molar-refractivity contribution in [1.29, 1.82) is 0 Å². The van der Waals surface area contributed by atoms with Crippen LogP contribution in [0.15, 0.2) is 84.9 Å². The minimum absolute atomic E-state index is 0.433. The Labute approximate surface area is 179 Å². The third-order valence-corrected chi connectivity index (χ3v) is 4.82. The van der Waals surface area contributed by atoms with Gasteiger partial charge in [0, 0.05) is 12.7 Å². The number of rotatable bonds is 5. The first-order valence-electron chi connectivity index (χ1n) is 7.78. The minimum Gasteiger partial charge on any atom is -0.456 e. The molecule has 0 saturated carbocycles. The predicted octanol–water partition coefficient (Wildman–Crippen LogP) is 5.92. The highest BCUT2D eigenvalue weighted by molar-refractivity contribution is 14.1. The molecule has 0 spiro atoms. The van der Waals surface area contributed by atoms with Gasteiger partial charge in [-0.3, -0.25) is 0 Å². The van der Waals surface area contributed by atoms with Crippen LogP contribution in [0.4, 0.5) is 0 Å². The average Bonchev–Trinajstić information content (AvgIpc) is 2.65. The van der Waals surface area contributed by atoms with Crippen LogP contribution in [0.5, 0.6) is 11.5 Å². The summed E-state index contributed by atoms with van der Waals surface area (Å²) in [5.41, 5.74) is 0.797. The maximum Gasteiger partial charge on any atom is 0.339 e. The van der Waals surface area contributed by atoms with E-state index in [1.807, 2.05) is 66.7 Å². The molecule has 0 heterocycles. The van der Waals surface area contributed by atoms with Gasteiger partial charge >= 0.3 is 5.97 Å². The Morgan fingerprint density at radius 2 is 1.19 bits per heavy atom. The van der Waals surface area contributed by atoms with Crippen LogP contribution >= 0.6 is 45.2 Å². The Morgan fingerprint density at radius 1 is 0.692 bits per heavy atom. The topological polar surface area (TPSA) is 35.5 Å². The van der Waals surface area contributed by atoms with E-state index in [1.165, 1.54) is 6.08 Å². The second kappa shape index (κ2) is 9.18. The number of hydrogen-bond acceptors (Lipinski definition) is 3. The quantitative estimate of drug-likeness (QED) is 0.126. The Morgan fingerprint density at radius 3 is 1.73 bits per heavy atom. The number of esters is 1. The standard InChI is InChI=1S/C21H14I2O3/c22-16-6-10-18(11-7-16)25-20(15-4-2-1-3-5-15)14-21(24)26-19-12-8-17(23)9-13-19/h1-14H/b20-14-. The predicted molar refractivity (Wildman–Crippen MR) is 119 cm³/mol. The minimum atomic E-state index is -0.490. The second-order valence-electron chi connectivity index (χ2n) is 5.31. The van der Waals surface area contributed by atoms with Crippen LogP contribution in [0.25, 0.3) is 5.76 Å². The lowest BCUT2D eigenvalue weighted by Gasteiger charge is -2.11. The molecule has 0 fully saturated rings. The highest BCUT2D eigenvalue weighted by Gasteiger charge is 2.10. The van der Waals surface area contributed by atoms with E-state index in [4.69, 9.17) is 9.47 Å². The summed E-state index contributed by atoms with van der Waals surface area (Å²) in [4.78, 5) is 12.3. The van der Waals surface area contributed by atoms with Crippen LogP contribution < -0.4 is 9.47 Å². The normalized spacial score (nSPS) is 11.1. The molecule has 5 heteroatoms. The molecule has 0 atom stereocenters. The first kappa shape index (κ1) is 18.9. The van der Waals surface area contributed by atoms with Crippen LogP contribution in [0.1, 0.15) is 5.56 Å². The molecule has 0 saturated heterocycles. The van der Waals surface area contributed by atoms with Crippen molar-refractivity contribution in [3.63, 3.8) is 0 Å². The van der Waals surface area contributed by atoms with Gasteiger partial charge in [0.05, 0.1) is 6.08 Å². The summed E-state index contributed by atoms with van der Waals surface area (Å²) in [7, 11) is 0. The van der Waals surface area contributed by atoms with E-state index in [-0.39, 0.29) is 0 Å². The van der Waals surface area contributed by atoms with Gasteiger partial charge in [-0.1, -0.05) is 30.3 Å². The van der Waals surface area contributed by atoms with Crippen LogP contribution in [0, 0.1) is 7.14 Å². The van der Waals surface area contributed by atoms with E-state index in [1.54, 1.807) is 12.1 Å². The van der Waals surface area contributed by atoms with Crippen molar-refractivity contribution < 1.29 is 14.3 Å². The lowest BCUT2D eigenvalue weighted by molar-refractivity contribution is -0.129. The molecule has 0 aliphatic heterocycles. The summed E-state index contributed by atoms with van der Waals surface area (Å²) >= 11 is 4.43. The lowest BCUT2D eigenvalue weighted by Crippen LogP contribution is -2.07. The molecule has 0 amide bonds. The number of carbonyl (C=O) groups is 1. The van der Waals surface area contributed by atoms with Gasteiger partial charge in [-0.25, -0.2) is 4.79 Å².